The van der Waals surface area contributed by atoms with Crippen molar-refractivity contribution in [1.29, 1.82) is 0 Å². The van der Waals surface area contributed by atoms with Crippen LogP contribution in [0.15, 0.2) is 24.3 Å². The van der Waals surface area contributed by atoms with Crippen molar-refractivity contribution in [2.24, 2.45) is 5.92 Å². The van der Waals surface area contributed by atoms with E-state index >= 15 is 0 Å². The van der Waals surface area contributed by atoms with E-state index in [0.717, 1.165) is 44.8 Å². The number of carbonyl (C=O) groups is 1. The molecule has 5 heteroatoms. The number of carbonyl (C=O) groups excluding carboxylic acids is 1. The predicted molar refractivity (Wildman–Crippen MR) is 96.9 cm³/mol. The minimum Gasteiger partial charge on any atom is -0.378 e. The Morgan fingerprint density at radius 3 is 2.68 bits per heavy atom. The molecule has 2 aliphatic carbocycles. The lowest BCUT2D eigenvalue weighted by atomic mass is 9.79. The van der Waals surface area contributed by atoms with Crippen LogP contribution in [0.5, 0.6) is 0 Å². The molecule has 1 aromatic rings. The molecule has 0 bridgehead atoms. The summed E-state index contributed by atoms with van der Waals surface area (Å²) in [6.07, 6.45) is 6.63. The first-order valence-electron chi connectivity index (χ1n) is 9.34. The Balaban J connectivity index is 1.49. The number of halogens is 1. The molecule has 1 amide bonds. The second kappa shape index (κ2) is 6.90. The van der Waals surface area contributed by atoms with E-state index in [2.05, 4.69) is 0 Å². The number of amides is 1. The Morgan fingerprint density at radius 2 is 2.00 bits per heavy atom. The number of likely N-dealkylation sites (tertiary alicyclic amines) is 1. The van der Waals surface area contributed by atoms with Gasteiger partial charge in [-0.2, -0.15) is 0 Å². The molecule has 3 atom stereocenters. The molecule has 4 nitrogen and oxygen atoms in total. The van der Waals surface area contributed by atoms with Crippen molar-refractivity contribution >= 4 is 17.5 Å². The van der Waals surface area contributed by atoms with Gasteiger partial charge in [0.05, 0.1) is 17.7 Å². The number of fused-ring (bicyclic) bond motifs is 1. The lowest BCUT2D eigenvalue weighted by Crippen LogP contribution is -2.53. The summed E-state index contributed by atoms with van der Waals surface area (Å²) < 4.78 is 12.1. The van der Waals surface area contributed by atoms with Gasteiger partial charge < -0.3 is 14.4 Å². The van der Waals surface area contributed by atoms with Crippen molar-refractivity contribution in [3.63, 3.8) is 0 Å². The van der Waals surface area contributed by atoms with Crippen LogP contribution in [0.25, 0.3) is 0 Å². The number of rotatable bonds is 5. The fourth-order valence-electron chi connectivity index (χ4n) is 4.37. The predicted octanol–water partition coefficient (Wildman–Crippen LogP) is 3.92. The zero-order valence-corrected chi connectivity index (χ0v) is 15.5. The number of hydrogen-bond donors (Lipinski definition) is 0. The molecule has 1 aliphatic heterocycles. The maximum absolute atomic E-state index is 13.0. The summed E-state index contributed by atoms with van der Waals surface area (Å²) in [5, 5.41) is 0.649. The Hall–Kier alpha value is -1.10. The molecule has 4 rings (SSSR count). The van der Waals surface area contributed by atoms with Crippen LogP contribution in [0.1, 0.15) is 48.9 Å². The van der Waals surface area contributed by atoms with Gasteiger partial charge in [-0.05, 0) is 68.7 Å². The van der Waals surface area contributed by atoms with E-state index in [0.29, 0.717) is 10.6 Å². The van der Waals surface area contributed by atoms with E-state index in [-0.39, 0.29) is 23.7 Å². The fraction of sp³-hybridized carbons (Fsp3) is 0.650. The smallest absolute Gasteiger partial charge is 0.254 e. The highest BCUT2D eigenvalue weighted by Gasteiger charge is 2.52. The number of hydrogen-bond acceptors (Lipinski definition) is 3. The van der Waals surface area contributed by atoms with E-state index in [1.807, 2.05) is 4.90 Å². The average Bonchev–Trinajstić information content (AvgIpc) is 3.39. The largest absolute Gasteiger partial charge is 0.378 e. The molecule has 1 saturated heterocycles. The summed E-state index contributed by atoms with van der Waals surface area (Å²) in [5.74, 6) is 0.841. The van der Waals surface area contributed by atoms with Gasteiger partial charge in [-0.25, -0.2) is 0 Å². The monoisotopic (exact) mass is 363 g/mol. The van der Waals surface area contributed by atoms with Gasteiger partial charge in [0.25, 0.3) is 5.91 Å². The highest BCUT2D eigenvalue weighted by Crippen LogP contribution is 2.44. The third kappa shape index (κ3) is 3.44. The van der Waals surface area contributed by atoms with Gasteiger partial charge in [0, 0.05) is 30.8 Å². The zero-order valence-electron chi connectivity index (χ0n) is 14.7. The van der Waals surface area contributed by atoms with Gasteiger partial charge in [0.2, 0.25) is 0 Å². The van der Waals surface area contributed by atoms with E-state index in [9.17, 15) is 4.79 Å². The highest BCUT2D eigenvalue weighted by molar-refractivity contribution is 6.30. The lowest BCUT2D eigenvalue weighted by Gasteiger charge is -2.43. The highest BCUT2D eigenvalue weighted by atomic mass is 35.5. The molecule has 1 heterocycles. The molecule has 1 aromatic carbocycles. The summed E-state index contributed by atoms with van der Waals surface area (Å²) >= 11 is 5.95. The van der Waals surface area contributed by atoms with E-state index in [1.54, 1.807) is 31.4 Å². The molecule has 2 saturated carbocycles. The van der Waals surface area contributed by atoms with E-state index in [4.69, 9.17) is 21.1 Å². The number of nitrogens with zero attached hydrogens (tertiary/aromatic N) is 1. The van der Waals surface area contributed by atoms with E-state index in [1.165, 1.54) is 12.8 Å². The quantitative estimate of drug-likeness (QED) is 0.795. The second-order valence-electron chi connectivity index (χ2n) is 7.71. The standard InChI is InChI=1S/C20H26ClNO3/c1-24-20-9-8-17(25-13-14-2-3-14)12-18(20)22(11-10-20)19(23)15-4-6-16(21)7-5-15/h4-7,14,17-18H,2-3,8-13H2,1H3/t17-,18-,20+/m0/s1. The molecule has 0 radical (unpaired) electrons. The zero-order chi connectivity index (χ0) is 17.4. The van der Waals surface area contributed by atoms with Crippen molar-refractivity contribution < 1.29 is 14.3 Å². The van der Waals surface area contributed by atoms with Gasteiger partial charge in [-0.15, -0.1) is 0 Å². The molecule has 3 fully saturated rings. The van der Waals surface area contributed by atoms with Crippen molar-refractivity contribution in [2.45, 2.75) is 56.3 Å². The Labute approximate surface area is 154 Å². The van der Waals surface area contributed by atoms with Gasteiger partial charge in [-0.3, -0.25) is 4.79 Å². The molecular formula is C20H26ClNO3. The summed E-state index contributed by atoms with van der Waals surface area (Å²) in [5.41, 5.74) is 0.485. The van der Waals surface area contributed by atoms with Crippen LogP contribution >= 0.6 is 11.6 Å². The number of methoxy groups -OCH3 is 1. The molecule has 25 heavy (non-hydrogen) atoms. The Morgan fingerprint density at radius 1 is 1.24 bits per heavy atom. The molecule has 3 aliphatic rings. The molecular weight excluding hydrogens is 338 g/mol. The summed E-state index contributed by atoms with van der Waals surface area (Å²) in [7, 11) is 1.79. The van der Waals surface area contributed by atoms with Crippen LogP contribution in [0, 0.1) is 5.92 Å². The number of ether oxygens (including phenoxy) is 2. The SMILES string of the molecule is CO[C@@]12CC[C@H](OCC3CC3)C[C@@H]1N(C(=O)c1ccc(Cl)cc1)CC2. The normalized spacial score (nSPS) is 31.8. The van der Waals surface area contributed by atoms with Crippen molar-refractivity contribution in [3.05, 3.63) is 34.9 Å². The molecule has 0 aromatic heterocycles. The van der Waals surface area contributed by atoms with Crippen LogP contribution in [-0.2, 0) is 9.47 Å². The van der Waals surface area contributed by atoms with Gasteiger partial charge in [0.1, 0.15) is 0 Å². The summed E-state index contributed by atoms with van der Waals surface area (Å²) in [6.45, 7) is 1.62. The van der Waals surface area contributed by atoms with Crippen molar-refractivity contribution in [1.82, 2.24) is 4.90 Å². The van der Waals surface area contributed by atoms with Crippen molar-refractivity contribution in [2.75, 3.05) is 20.3 Å². The van der Waals surface area contributed by atoms with Crippen LogP contribution in [0.3, 0.4) is 0 Å². The molecule has 0 spiro atoms. The van der Waals surface area contributed by atoms with Gasteiger partial charge in [0.15, 0.2) is 0 Å². The van der Waals surface area contributed by atoms with Crippen molar-refractivity contribution in [3.8, 4) is 0 Å². The van der Waals surface area contributed by atoms with E-state index < -0.39 is 0 Å². The second-order valence-corrected chi connectivity index (χ2v) is 8.15. The number of benzene rings is 1. The first kappa shape index (κ1) is 17.3. The minimum atomic E-state index is -0.207. The van der Waals surface area contributed by atoms with Crippen LogP contribution in [0.4, 0.5) is 0 Å². The van der Waals surface area contributed by atoms with Crippen LogP contribution < -0.4 is 0 Å². The van der Waals surface area contributed by atoms with Crippen LogP contribution in [0.2, 0.25) is 5.02 Å². The third-order valence-electron chi connectivity index (χ3n) is 6.16. The molecule has 0 N–H and O–H groups in total. The topological polar surface area (TPSA) is 38.8 Å². The fourth-order valence-corrected chi connectivity index (χ4v) is 4.50. The maximum Gasteiger partial charge on any atom is 0.254 e. The Bertz CT molecular complexity index is 630. The van der Waals surface area contributed by atoms with Gasteiger partial charge >= 0.3 is 0 Å². The maximum atomic E-state index is 13.0. The lowest BCUT2D eigenvalue weighted by molar-refractivity contribution is -0.0977. The third-order valence-corrected chi connectivity index (χ3v) is 6.41. The van der Waals surface area contributed by atoms with Crippen LogP contribution in [-0.4, -0.2) is 48.8 Å². The Kier molecular flexibility index (Phi) is 4.78. The molecule has 136 valence electrons. The minimum absolute atomic E-state index is 0.0726. The average molecular weight is 364 g/mol. The first-order chi connectivity index (χ1) is 12.1. The first-order valence-corrected chi connectivity index (χ1v) is 9.72. The summed E-state index contributed by atoms with van der Waals surface area (Å²) in [4.78, 5) is 15.0. The van der Waals surface area contributed by atoms with Gasteiger partial charge in [-0.1, -0.05) is 11.6 Å². The summed E-state index contributed by atoms with van der Waals surface area (Å²) in [6, 6.07) is 7.26. The molecule has 0 unspecified atom stereocenters.